The smallest absolute Gasteiger partial charge is 0.270 e. The van der Waals surface area contributed by atoms with Gasteiger partial charge >= 0.3 is 0 Å². The molecule has 2 aromatic carbocycles. The first kappa shape index (κ1) is 14.7. The zero-order chi connectivity index (χ0) is 15.4. The topological polar surface area (TPSA) is 89.7 Å². The first-order valence-electron chi connectivity index (χ1n) is 6.18. The van der Waals surface area contributed by atoms with Crippen LogP contribution in [-0.4, -0.2) is 15.8 Å². The SMILES string of the molecule is CC(=O)c1cc([N+](=O)[O-])ccc1Oc1ccc(CO)cc1. The Morgan fingerprint density at radius 3 is 2.43 bits per heavy atom. The molecule has 0 aliphatic heterocycles. The first-order valence-corrected chi connectivity index (χ1v) is 6.18. The Hall–Kier alpha value is -2.73. The Balaban J connectivity index is 2.34. The van der Waals surface area contributed by atoms with Crippen LogP contribution in [0, 0.1) is 10.1 Å². The van der Waals surface area contributed by atoms with Crippen molar-refractivity contribution < 1.29 is 19.6 Å². The molecule has 2 rings (SSSR count). The monoisotopic (exact) mass is 287 g/mol. The number of nitro groups is 1. The van der Waals surface area contributed by atoms with Crippen molar-refractivity contribution in [3.8, 4) is 11.5 Å². The molecule has 0 heterocycles. The highest BCUT2D eigenvalue weighted by Crippen LogP contribution is 2.29. The number of nitro benzene ring substituents is 1. The highest BCUT2D eigenvalue weighted by Gasteiger charge is 2.15. The van der Waals surface area contributed by atoms with Gasteiger partial charge in [0, 0.05) is 12.1 Å². The molecule has 0 unspecified atom stereocenters. The van der Waals surface area contributed by atoms with E-state index in [9.17, 15) is 14.9 Å². The minimum atomic E-state index is -0.563. The van der Waals surface area contributed by atoms with E-state index in [0.717, 1.165) is 5.56 Å². The van der Waals surface area contributed by atoms with Crippen LogP contribution in [0.5, 0.6) is 11.5 Å². The standard InChI is InChI=1S/C15H13NO5/c1-10(18)14-8-12(16(19)20)4-7-15(14)21-13-5-2-11(9-17)3-6-13/h2-8,17H,9H2,1H3. The van der Waals surface area contributed by atoms with E-state index in [0.29, 0.717) is 5.75 Å². The van der Waals surface area contributed by atoms with Gasteiger partial charge in [0.05, 0.1) is 17.1 Å². The van der Waals surface area contributed by atoms with Crippen molar-refractivity contribution in [1.82, 2.24) is 0 Å². The van der Waals surface area contributed by atoms with E-state index in [-0.39, 0.29) is 29.4 Å². The van der Waals surface area contributed by atoms with E-state index in [1.54, 1.807) is 24.3 Å². The number of nitrogens with zero attached hydrogens (tertiary/aromatic N) is 1. The lowest BCUT2D eigenvalue weighted by atomic mass is 10.1. The molecule has 2 aromatic rings. The van der Waals surface area contributed by atoms with Gasteiger partial charge < -0.3 is 9.84 Å². The number of carbonyl (C=O) groups excluding carboxylic acids is 1. The molecular weight excluding hydrogens is 274 g/mol. The summed E-state index contributed by atoms with van der Waals surface area (Å²) in [5, 5.41) is 19.7. The van der Waals surface area contributed by atoms with Gasteiger partial charge in [0.15, 0.2) is 5.78 Å². The van der Waals surface area contributed by atoms with Gasteiger partial charge in [0.2, 0.25) is 0 Å². The fraction of sp³-hybridized carbons (Fsp3) is 0.133. The molecule has 21 heavy (non-hydrogen) atoms. The summed E-state index contributed by atoms with van der Waals surface area (Å²) in [5.74, 6) is 0.411. The molecule has 6 heteroatoms. The summed E-state index contributed by atoms with van der Waals surface area (Å²) < 4.78 is 5.58. The molecule has 108 valence electrons. The van der Waals surface area contributed by atoms with Crippen LogP contribution in [0.25, 0.3) is 0 Å². The number of non-ortho nitro benzene ring substituents is 1. The van der Waals surface area contributed by atoms with Crippen LogP contribution in [0.4, 0.5) is 5.69 Å². The van der Waals surface area contributed by atoms with E-state index < -0.39 is 4.92 Å². The molecule has 0 amide bonds. The quantitative estimate of drug-likeness (QED) is 0.518. The average Bonchev–Trinajstić information content (AvgIpc) is 2.48. The van der Waals surface area contributed by atoms with Crippen molar-refractivity contribution in [1.29, 1.82) is 0 Å². The summed E-state index contributed by atoms with van der Waals surface area (Å²) in [7, 11) is 0. The predicted molar refractivity (Wildman–Crippen MR) is 75.5 cm³/mol. The van der Waals surface area contributed by atoms with Crippen molar-refractivity contribution in [2.24, 2.45) is 0 Å². The van der Waals surface area contributed by atoms with E-state index in [1.807, 2.05) is 0 Å². The van der Waals surface area contributed by atoms with Crippen LogP contribution in [0.15, 0.2) is 42.5 Å². The second-order valence-corrected chi connectivity index (χ2v) is 4.40. The highest BCUT2D eigenvalue weighted by molar-refractivity contribution is 5.97. The third-order valence-corrected chi connectivity index (χ3v) is 2.89. The summed E-state index contributed by atoms with van der Waals surface area (Å²) in [6.07, 6.45) is 0. The lowest BCUT2D eigenvalue weighted by Gasteiger charge is -2.09. The van der Waals surface area contributed by atoms with Gasteiger partial charge in [-0.2, -0.15) is 0 Å². The Kier molecular flexibility index (Phi) is 4.30. The number of Topliss-reactive ketones (excluding diaryl/α,β-unsaturated/α-hetero) is 1. The molecule has 0 aliphatic rings. The maximum Gasteiger partial charge on any atom is 0.270 e. The Morgan fingerprint density at radius 1 is 1.24 bits per heavy atom. The first-order chi connectivity index (χ1) is 10.0. The minimum absolute atomic E-state index is 0.0729. The molecule has 1 N–H and O–H groups in total. The van der Waals surface area contributed by atoms with E-state index in [2.05, 4.69) is 0 Å². The van der Waals surface area contributed by atoms with Gasteiger partial charge in [-0.3, -0.25) is 14.9 Å². The number of carbonyl (C=O) groups is 1. The lowest BCUT2D eigenvalue weighted by Crippen LogP contribution is -1.99. The van der Waals surface area contributed by atoms with Gasteiger partial charge in [-0.1, -0.05) is 12.1 Å². The van der Waals surface area contributed by atoms with Gasteiger partial charge in [0.1, 0.15) is 11.5 Å². The number of hydrogen-bond acceptors (Lipinski definition) is 5. The number of rotatable bonds is 5. The molecule has 0 radical (unpaired) electrons. The van der Waals surface area contributed by atoms with Crippen molar-refractivity contribution >= 4 is 11.5 Å². The number of aliphatic hydroxyl groups is 1. The van der Waals surface area contributed by atoms with Crippen LogP contribution in [0.2, 0.25) is 0 Å². The molecule has 0 spiro atoms. The zero-order valence-corrected chi connectivity index (χ0v) is 11.3. The molecule has 0 aliphatic carbocycles. The Bertz CT molecular complexity index is 679. The average molecular weight is 287 g/mol. The number of ether oxygens (including phenoxy) is 1. The fourth-order valence-electron chi connectivity index (χ4n) is 1.79. The number of ketones is 1. The number of aliphatic hydroxyl groups excluding tert-OH is 1. The largest absolute Gasteiger partial charge is 0.457 e. The molecule has 0 fully saturated rings. The van der Waals surface area contributed by atoms with Gasteiger partial charge in [-0.05, 0) is 30.7 Å². The van der Waals surface area contributed by atoms with E-state index in [1.165, 1.54) is 25.1 Å². The van der Waals surface area contributed by atoms with Crippen LogP contribution in [0.3, 0.4) is 0 Å². The number of benzene rings is 2. The van der Waals surface area contributed by atoms with Crippen LogP contribution in [0.1, 0.15) is 22.8 Å². The minimum Gasteiger partial charge on any atom is -0.457 e. The normalized spacial score (nSPS) is 10.2. The van der Waals surface area contributed by atoms with Crippen LogP contribution in [-0.2, 0) is 6.61 Å². The Labute approximate surface area is 120 Å². The highest BCUT2D eigenvalue weighted by atomic mass is 16.6. The van der Waals surface area contributed by atoms with Crippen LogP contribution >= 0.6 is 0 Å². The second kappa shape index (κ2) is 6.15. The lowest BCUT2D eigenvalue weighted by molar-refractivity contribution is -0.384. The third kappa shape index (κ3) is 3.43. The van der Waals surface area contributed by atoms with Gasteiger partial charge in [-0.25, -0.2) is 0 Å². The predicted octanol–water partition coefficient (Wildman–Crippen LogP) is 3.08. The molecule has 0 saturated heterocycles. The fourth-order valence-corrected chi connectivity index (χ4v) is 1.79. The second-order valence-electron chi connectivity index (χ2n) is 4.40. The summed E-state index contributed by atoms with van der Waals surface area (Å²) in [6, 6.07) is 10.6. The number of hydrogen-bond donors (Lipinski definition) is 1. The summed E-state index contributed by atoms with van der Waals surface area (Å²) in [6.45, 7) is 1.25. The zero-order valence-electron chi connectivity index (χ0n) is 11.3. The molecular formula is C15H13NO5. The van der Waals surface area contributed by atoms with Crippen molar-refractivity contribution in [3.05, 3.63) is 63.7 Å². The van der Waals surface area contributed by atoms with Crippen LogP contribution < -0.4 is 4.74 Å². The van der Waals surface area contributed by atoms with E-state index in [4.69, 9.17) is 9.84 Å². The maximum absolute atomic E-state index is 11.6. The maximum atomic E-state index is 11.6. The summed E-state index contributed by atoms with van der Waals surface area (Å²) in [5.41, 5.74) is 0.719. The molecule has 0 saturated carbocycles. The molecule has 0 atom stereocenters. The van der Waals surface area contributed by atoms with E-state index >= 15 is 0 Å². The van der Waals surface area contributed by atoms with Crippen molar-refractivity contribution in [2.75, 3.05) is 0 Å². The summed E-state index contributed by atoms with van der Waals surface area (Å²) >= 11 is 0. The van der Waals surface area contributed by atoms with Crippen molar-refractivity contribution in [2.45, 2.75) is 13.5 Å². The summed E-state index contributed by atoms with van der Waals surface area (Å²) in [4.78, 5) is 21.8. The van der Waals surface area contributed by atoms with Crippen molar-refractivity contribution in [3.63, 3.8) is 0 Å². The van der Waals surface area contributed by atoms with Gasteiger partial charge in [-0.15, -0.1) is 0 Å². The third-order valence-electron chi connectivity index (χ3n) is 2.89. The Morgan fingerprint density at radius 2 is 1.90 bits per heavy atom. The molecule has 6 nitrogen and oxygen atoms in total. The van der Waals surface area contributed by atoms with Gasteiger partial charge in [0.25, 0.3) is 5.69 Å². The molecule has 0 aromatic heterocycles. The molecule has 0 bridgehead atoms.